The molecule has 0 atom stereocenters. The highest BCUT2D eigenvalue weighted by Crippen LogP contribution is 2.35. The number of hydrogen-bond acceptors (Lipinski definition) is 5. The second-order valence-corrected chi connectivity index (χ2v) is 8.76. The van der Waals surface area contributed by atoms with Gasteiger partial charge < -0.3 is 15.4 Å². The van der Waals surface area contributed by atoms with E-state index in [-0.39, 0.29) is 12.0 Å². The van der Waals surface area contributed by atoms with Crippen LogP contribution < -0.4 is 10.5 Å². The zero-order valence-electron chi connectivity index (χ0n) is 17.7. The minimum absolute atomic E-state index is 0.0101. The highest BCUT2D eigenvalue weighted by molar-refractivity contribution is 8.12. The van der Waals surface area contributed by atoms with Crippen LogP contribution in [-0.4, -0.2) is 54.0 Å². The van der Waals surface area contributed by atoms with Crippen molar-refractivity contribution < 1.29 is 9.53 Å². The topological polar surface area (TPSA) is 58.8 Å². The predicted molar refractivity (Wildman–Crippen MR) is 119 cm³/mol. The molecule has 1 heterocycles. The van der Waals surface area contributed by atoms with Gasteiger partial charge in [-0.1, -0.05) is 30.5 Å². The van der Waals surface area contributed by atoms with Crippen LogP contribution in [0.5, 0.6) is 5.75 Å². The Hall–Kier alpha value is -1.92. The standard InChI is InChI=1S/C22H33N3O2S/c1-15(2)24-10-12-25(13-11-24)22(26)21(17(5)23)28-18(6)19-8-7-9-20(14-19)27-16(3)4/h7-9,14-16H,6,10-13,23H2,1-5H3/b21-17-. The summed E-state index contributed by atoms with van der Waals surface area (Å²) < 4.78 is 5.76. The molecule has 2 rings (SSSR count). The zero-order valence-corrected chi connectivity index (χ0v) is 18.5. The van der Waals surface area contributed by atoms with E-state index in [9.17, 15) is 4.79 Å². The van der Waals surface area contributed by atoms with Gasteiger partial charge in [0.25, 0.3) is 5.91 Å². The van der Waals surface area contributed by atoms with E-state index in [2.05, 4.69) is 25.3 Å². The second-order valence-electron chi connectivity index (χ2n) is 7.65. The quantitative estimate of drug-likeness (QED) is 0.699. The summed E-state index contributed by atoms with van der Waals surface area (Å²) >= 11 is 1.34. The van der Waals surface area contributed by atoms with Crippen molar-refractivity contribution in [1.82, 2.24) is 9.80 Å². The highest BCUT2D eigenvalue weighted by Gasteiger charge is 2.26. The summed E-state index contributed by atoms with van der Waals surface area (Å²) in [6.45, 7) is 17.5. The molecule has 0 bridgehead atoms. The SMILES string of the molecule is C=C(S/C(C(=O)N1CCN(C(C)C)CC1)=C(/C)N)c1cccc(OC(C)C)c1. The largest absolute Gasteiger partial charge is 0.491 e. The second kappa shape index (κ2) is 10.0. The lowest BCUT2D eigenvalue weighted by Gasteiger charge is -2.37. The molecule has 0 radical (unpaired) electrons. The Morgan fingerprint density at radius 1 is 1.18 bits per heavy atom. The number of carbonyl (C=O) groups excluding carboxylic acids is 1. The highest BCUT2D eigenvalue weighted by atomic mass is 32.2. The van der Waals surface area contributed by atoms with Gasteiger partial charge in [0, 0.05) is 42.8 Å². The summed E-state index contributed by atoms with van der Waals surface area (Å²) in [5, 5.41) is 0. The van der Waals surface area contributed by atoms with E-state index < -0.39 is 0 Å². The first-order chi connectivity index (χ1) is 13.2. The van der Waals surface area contributed by atoms with Gasteiger partial charge >= 0.3 is 0 Å². The number of carbonyl (C=O) groups is 1. The maximum atomic E-state index is 13.1. The summed E-state index contributed by atoms with van der Waals surface area (Å²) in [5.74, 6) is 0.782. The molecule has 1 aromatic rings. The molecule has 1 fully saturated rings. The first kappa shape index (κ1) is 22.4. The van der Waals surface area contributed by atoms with Crippen LogP contribution in [0.3, 0.4) is 0 Å². The molecule has 1 aliphatic rings. The minimum Gasteiger partial charge on any atom is -0.491 e. The van der Waals surface area contributed by atoms with E-state index in [1.807, 2.05) is 43.0 Å². The number of nitrogens with two attached hydrogens (primary N) is 1. The molecule has 154 valence electrons. The maximum absolute atomic E-state index is 13.1. The molecule has 6 heteroatoms. The minimum atomic E-state index is -0.0101. The monoisotopic (exact) mass is 403 g/mol. The number of benzene rings is 1. The van der Waals surface area contributed by atoms with Crippen LogP contribution in [0.25, 0.3) is 4.91 Å². The molecule has 0 aromatic heterocycles. The van der Waals surface area contributed by atoms with Gasteiger partial charge in [-0.25, -0.2) is 0 Å². The first-order valence-corrected chi connectivity index (χ1v) is 10.6. The van der Waals surface area contributed by atoms with Crippen LogP contribution in [0.1, 0.15) is 40.2 Å². The Bertz CT molecular complexity index is 731. The molecule has 1 aliphatic heterocycles. The smallest absolute Gasteiger partial charge is 0.262 e. The van der Waals surface area contributed by atoms with Crippen molar-refractivity contribution in [2.24, 2.45) is 5.73 Å². The summed E-state index contributed by atoms with van der Waals surface area (Å²) in [5.41, 5.74) is 7.53. The van der Waals surface area contributed by atoms with Crippen LogP contribution in [0.15, 0.2) is 41.4 Å². The summed E-state index contributed by atoms with van der Waals surface area (Å²) in [6, 6.07) is 8.27. The van der Waals surface area contributed by atoms with Crippen molar-refractivity contribution in [3.63, 3.8) is 0 Å². The average Bonchev–Trinajstić information content (AvgIpc) is 2.65. The molecule has 1 amide bonds. The molecule has 2 N–H and O–H groups in total. The van der Waals surface area contributed by atoms with Crippen LogP contribution >= 0.6 is 11.8 Å². The number of thioether (sulfide) groups is 1. The number of nitrogens with zero attached hydrogens (tertiary/aromatic N) is 2. The Kier molecular flexibility index (Phi) is 8.01. The molecule has 0 spiro atoms. The normalized spacial score (nSPS) is 16.3. The lowest BCUT2D eigenvalue weighted by Crippen LogP contribution is -2.51. The maximum Gasteiger partial charge on any atom is 0.262 e. The fourth-order valence-corrected chi connectivity index (χ4v) is 3.94. The van der Waals surface area contributed by atoms with E-state index in [1.165, 1.54) is 11.8 Å². The molecule has 1 saturated heterocycles. The van der Waals surface area contributed by atoms with Gasteiger partial charge in [-0.05, 0) is 52.3 Å². The van der Waals surface area contributed by atoms with Crippen molar-refractivity contribution in [3.8, 4) is 5.75 Å². The van der Waals surface area contributed by atoms with Crippen LogP contribution in [0.4, 0.5) is 0 Å². The van der Waals surface area contributed by atoms with Crippen LogP contribution in [0, 0.1) is 0 Å². The van der Waals surface area contributed by atoms with Gasteiger partial charge in [-0.15, -0.1) is 0 Å². The Labute approximate surface area is 173 Å². The molecule has 0 unspecified atom stereocenters. The Morgan fingerprint density at radius 2 is 1.82 bits per heavy atom. The van der Waals surface area contributed by atoms with Crippen molar-refractivity contribution in [2.45, 2.75) is 46.8 Å². The van der Waals surface area contributed by atoms with Gasteiger partial charge in [-0.2, -0.15) is 0 Å². The first-order valence-electron chi connectivity index (χ1n) is 9.82. The molecule has 28 heavy (non-hydrogen) atoms. The number of hydrogen-bond donors (Lipinski definition) is 1. The predicted octanol–water partition coefficient (Wildman–Crippen LogP) is 3.92. The molecule has 1 aromatic carbocycles. The van der Waals surface area contributed by atoms with E-state index in [4.69, 9.17) is 10.5 Å². The lowest BCUT2D eigenvalue weighted by atomic mass is 10.2. The molecular weight excluding hydrogens is 370 g/mol. The van der Waals surface area contributed by atoms with E-state index in [0.29, 0.717) is 16.6 Å². The zero-order chi connectivity index (χ0) is 20.8. The number of allylic oxidation sites excluding steroid dienone is 1. The lowest BCUT2D eigenvalue weighted by molar-refractivity contribution is -0.128. The third kappa shape index (κ3) is 6.04. The number of rotatable bonds is 7. The van der Waals surface area contributed by atoms with Gasteiger partial charge in [0.1, 0.15) is 5.75 Å². The van der Waals surface area contributed by atoms with Gasteiger partial charge in [0.15, 0.2) is 0 Å². The van der Waals surface area contributed by atoms with Gasteiger partial charge in [0.05, 0.1) is 11.0 Å². The van der Waals surface area contributed by atoms with E-state index in [1.54, 1.807) is 6.92 Å². The third-order valence-corrected chi connectivity index (χ3v) is 5.82. The van der Waals surface area contributed by atoms with Gasteiger partial charge in [-0.3, -0.25) is 9.69 Å². The van der Waals surface area contributed by atoms with E-state index >= 15 is 0 Å². The Balaban J connectivity index is 2.08. The van der Waals surface area contributed by atoms with Crippen molar-refractivity contribution in [2.75, 3.05) is 26.2 Å². The van der Waals surface area contributed by atoms with Crippen molar-refractivity contribution in [3.05, 3.63) is 47.0 Å². The number of ether oxygens (including phenoxy) is 1. The fraction of sp³-hybridized carbons (Fsp3) is 0.500. The molecular formula is C22H33N3O2S. The molecule has 0 saturated carbocycles. The summed E-state index contributed by atoms with van der Waals surface area (Å²) in [6.07, 6.45) is 0.101. The van der Waals surface area contributed by atoms with Crippen molar-refractivity contribution >= 4 is 22.6 Å². The number of piperazine rings is 1. The average molecular weight is 404 g/mol. The summed E-state index contributed by atoms with van der Waals surface area (Å²) in [7, 11) is 0. The van der Waals surface area contributed by atoms with Crippen LogP contribution in [0.2, 0.25) is 0 Å². The van der Waals surface area contributed by atoms with E-state index in [0.717, 1.165) is 42.4 Å². The van der Waals surface area contributed by atoms with Crippen LogP contribution in [-0.2, 0) is 4.79 Å². The van der Waals surface area contributed by atoms with Gasteiger partial charge in [0.2, 0.25) is 0 Å². The van der Waals surface area contributed by atoms with Crippen molar-refractivity contribution in [1.29, 1.82) is 0 Å². The fourth-order valence-electron chi connectivity index (χ4n) is 3.07. The molecule has 0 aliphatic carbocycles. The number of amides is 1. The molecule has 5 nitrogen and oxygen atoms in total. The Morgan fingerprint density at radius 3 is 2.36 bits per heavy atom. The summed E-state index contributed by atoms with van der Waals surface area (Å²) in [4.78, 5) is 18.7. The third-order valence-electron chi connectivity index (χ3n) is 4.64.